The Morgan fingerprint density at radius 1 is 1.55 bits per heavy atom. The van der Waals surface area contributed by atoms with Gasteiger partial charge in [-0.3, -0.25) is 4.79 Å². The van der Waals surface area contributed by atoms with Crippen LogP contribution in [0.3, 0.4) is 0 Å². The maximum Gasteiger partial charge on any atom is 0.302 e. The van der Waals surface area contributed by atoms with Crippen molar-refractivity contribution in [3.8, 4) is 0 Å². The molecule has 0 unspecified atom stereocenters. The van der Waals surface area contributed by atoms with Gasteiger partial charge in [0.1, 0.15) is 0 Å². The Bertz CT molecular complexity index is 128. The first-order chi connectivity index (χ1) is 4.92. The van der Waals surface area contributed by atoms with Gasteiger partial charge in [-0.15, -0.1) is 0 Å². The molecule has 0 radical (unpaired) electrons. The molecule has 0 fully saturated rings. The van der Waals surface area contributed by atoms with Gasteiger partial charge in [0.15, 0.2) is 8.32 Å². The van der Waals surface area contributed by atoms with Gasteiger partial charge in [-0.2, -0.15) is 0 Å². The Labute approximate surface area is 68.5 Å². The quantitative estimate of drug-likeness (QED) is 0.397. The fourth-order valence-electron chi connectivity index (χ4n) is 0.721. The van der Waals surface area contributed by atoms with E-state index < -0.39 is 8.32 Å². The van der Waals surface area contributed by atoms with E-state index in [4.69, 9.17) is 4.74 Å². The molecule has 0 bridgehead atoms. The van der Waals surface area contributed by atoms with Crippen molar-refractivity contribution < 1.29 is 14.3 Å². The van der Waals surface area contributed by atoms with Crippen LogP contribution in [0.1, 0.15) is 13.3 Å². The molecule has 0 aromatic heterocycles. The lowest BCUT2D eigenvalue weighted by Crippen LogP contribution is -2.24. The lowest BCUT2D eigenvalue weighted by molar-refractivity contribution is -0.140. The Kier molecular flexibility index (Phi) is 4.36. The Balaban J connectivity index is 3.22. The molecule has 3 nitrogen and oxygen atoms in total. The SMILES string of the molecule is CC(=O)OCCC[Si](C)(C)O. The molecule has 0 amide bonds. The van der Waals surface area contributed by atoms with E-state index in [1.54, 1.807) is 0 Å². The smallest absolute Gasteiger partial charge is 0.302 e. The number of hydrogen-bond acceptors (Lipinski definition) is 3. The Morgan fingerprint density at radius 2 is 2.09 bits per heavy atom. The van der Waals surface area contributed by atoms with Gasteiger partial charge in [-0.25, -0.2) is 0 Å². The average Bonchev–Trinajstić information content (AvgIpc) is 1.78. The molecule has 66 valence electrons. The van der Waals surface area contributed by atoms with Crippen LogP contribution >= 0.6 is 0 Å². The van der Waals surface area contributed by atoms with Gasteiger partial charge >= 0.3 is 5.97 Å². The van der Waals surface area contributed by atoms with Crippen LogP contribution in [0.2, 0.25) is 19.1 Å². The second kappa shape index (κ2) is 4.51. The van der Waals surface area contributed by atoms with Crippen molar-refractivity contribution in [1.82, 2.24) is 0 Å². The first-order valence-electron chi connectivity index (χ1n) is 3.77. The topological polar surface area (TPSA) is 46.5 Å². The Hall–Kier alpha value is -0.353. The molecule has 0 aromatic carbocycles. The number of carbonyl (C=O) groups excluding carboxylic acids is 1. The van der Waals surface area contributed by atoms with Crippen LogP contribution in [0.15, 0.2) is 0 Å². The van der Waals surface area contributed by atoms with E-state index >= 15 is 0 Å². The standard InChI is InChI=1S/C7H16O3Si/c1-7(8)10-5-4-6-11(2,3)9/h9H,4-6H2,1-3H3. The van der Waals surface area contributed by atoms with Crippen LogP contribution in [0.4, 0.5) is 0 Å². The summed E-state index contributed by atoms with van der Waals surface area (Å²) in [6.45, 7) is 5.58. The van der Waals surface area contributed by atoms with Gasteiger partial charge in [-0.1, -0.05) is 0 Å². The molecule has 0 aliphatic heterocycles. The molecule has 11 heavy (non-hydrogen) atoms. The third kappa shape index (κ3) is 9.65. The van der Waals surface area contributed by atoms with Crippen LogP contribution in [-0.2, 0) is 9.53 Å². The van der Waals surface area contributed by atoms with E-state index in [1.165, 1.54) is 6.92 Å². The molecule has 0 atom stereocenters. The van der Waals surface area contributed by atoms with Gasteiger partial charge in [0.05, 0.1) is 6.61 Å². The van der Waals surface area contributed by atoms with Crippen molar-refractivity contribution in [2.45, 2.75) is 32.5 Å². The predicted molar refractivity (Wildman–Crippen MR) is 45.8 cm³/mol. The zero-order valence-electron chi connectivity index (χ0n) is 7.39. The zero-order chi connectivity index (χ0) is 8.91. The summed E-state index contributed by atoms with van der Waals surface area (Å²) in [4.78, 5) is 19.7. The lowest BCUT2D eigenvalue weighted by Gasteiger charge is -2.12. The minimum absolute atomic E-state index is 0.248. The highest BCUT2D eigenvalue weighted by atomic mass is 28.4. The van der Waals surface area contributed by atoms with Crippen molar-refractivity contribution in [1.29, 1.82) is 0 Å². The van der Waals surface area contributed by atoms with Gasteiger partial charge in [0.25, 0.3) is 0 Å². The summed E-state index contributed by atoms with van der Waals surface area (Å²) < 4.78 is 4.71. The maximum absolute atomic E-state index is 10.3. The fourth-order valence-corrected chi connectivity index (χ4v) is 1.73. The normalized spacial score (nSPS) is 11.3. The highest BCUT2D eigenvalue weighted by Crippen LogP contribution is 2.07. The summed E-state index contributed by atoms with van der Waals surface area (Å²) in [5, 5.41) is 0. The molecule has 0 aromatic rings. The molecular formula is C7H16O3Si. The molecule has 0 saturated heterocycles. The number of ether oxygens (including phenoxy) is 1. The molecule has 0 aliphatic carbocycles. The van der Waals surface area contributed by atoms with Crippen molar-refractivity contribution >= 4 is 14.3 Å². The van der Waals surface area contributed by atoms with Crippen LogP contribution in [-0.4, -0.2) is 25.7 Å². The third-order valence-corrected chi connectivity index (χ3v) is 2.82. The van der Waals surface area contributed by atoms with Crippen molar-refractivity contribution in [3.63, 3.8) is 0 Å². The van der Waals surface area contributed by atoms with Crippen molar-refractivity contribution in [2.24, 2.45) is 0 Å². The van der Waals surface area contributed by atoms with Gasteiger partial charge in [0.2, 0.25) is 0 Å². The molecule has 1 N–H and O–H groups in total. The van der Waals surface area contributed by atoms with Gasteiger partial charge in [-0.05, 0) is 25.6 Å². The van der Waals surface area contributed by atoms with E-state index in [2.05, 4.69) is 0 Å². The highest BCUT2D eigenvalue weighted by Gasteiger charge is 2.15. The van der Waals surface area contributed by atoms with Gasteiger partial charge < -0.3 is 9.53 Å². The van der Waals surface area contributed by atoms with E-state index in [1.807, 2.05) is 13.1 Å². The minimum Gasteiger partial charge on any atom is -0.466 e. The fraction of sp³-hybridized carbons (Fsp3) is 0.857. The average molecular weight is 176 g/mol. The molecule has 0 saturated carbocycles. The van der Waals surface area contributed by atoms with E-state index in [0.717, 1.165) is 12.5 Å². The summed E-state index contributed by atoms with van der Waals surface area (Å²) in [5.74, 6) is -0.248. The zero-order valence-corrected chi connectivity index (χ0v) is 8.39. The molecule has 0 rings (SSSR count). The molecular weight excluding hydrogens is 160 g/mol. The number of carbonyl (C=O) groups is 1. The number of rotatable bonds is 4. The first-order valence-corrected chi connectivity index (χ1v) is 6.93. The van der Waals surface area contributed by atoms with E-state index in [0.29, 0.717) is 6.61 Å². The van der Waals surface area contributed by atoms with Crippen LogP contribution < -0.4 is 0 Å². The molecule has 0 heterocycles. The predicted octanol–water partition coefficient (Wildman–Crippen LogP) is 1.14. The monoisotopic (exact) mass is 176 g/mol. The molecule has 0 aliphatic rings. The minimum atomic E-state index is -1.92. The largest absolute Gasteiger partial charge is 0.466 e. The number of esters is 1. The summed E-state index contributed by atoms with van der Waals surface area (Å²) in [5.41, 5.74) is 0. The molecule has 0 spiro atoms. The summed E-state index contributed by atoms with van der Waals surface area (Å²) in [6.07, 6.45) is 0.773. The number of hydrogen-bond donors (Lipinski definition) is 1. The molecule has 4 heteroatoms. The Morgan fingerprint density at radius 3 is 2.45 bits per heavy atom. The summed E-state index contributed by atoms with van der Waals surface area (Å²) >= 11 is 0. The summed E-state index contributed by atoms with van der Waals surface area (Å²) in [7, 11) is -1.92. The first kappa shape index (κ1) is 10.6. The third-order valence-electron chi connectivity index (χ3n) is 1.24. The van der Waals surface area contributed by atoms with Crippen LogP contribution in [0.5, 0.6) is 0 Å². The van der Waals surface area contributed by atoms with Gasteiger partial charge in [0, 0.05) is 6.92 Å². The van der Waals surface area contributed by atoms with E-state index in [9.17, 15) is 9.59 Å². The van der Waals surface area contributed by atoms with Crippen molar-refractivity contribution in [3.05, 3.63) is 0 Å². The summed E-state index contributed by atoms with van der Waals surface area (Å²) in [6, 6.07) is 0.792. The van der Waals surface area contributed by atoms with Crippen LogP contribution in [0.25, 0.3) is 0 Å². The van der Waals surface area contributed by atoms with Crippen LogP contribution in [0, 0.1) is 0 Å². The van der Waals surface area contributed by atoms with E-state index in [-0.39, 0.29) is 5.97 Å². The highest BCUT2D eigenvalue weighted by molar-refractivity contribution is 6.69. The maximum atomic E-state index is 10.3. The second-order valence-electron chi connectivity index (χ2n) is 3.26. The van der Waals surface area contributed by atoms with Crippen molar-refractivity contribution in [2.75, 3.05) is 6.61 Å². The second-order valence-corrected chi connectivity index (χ2v) is 7.38. The lowest BCUT2D eigenvalue weighted by atomic mass is 10.5.